The van der Waals surface area contributed by atoms with Gasteiger partial charge in [0.25, 0.3) is 0 Å². The van der Waals surface area contributed by atoms with Gasteiger partial charge in [-0.25, -0.2) is 13.6 Å². The third-order valence-corrected chi connectivity index (χ3v) is 4.28. The van der Waals surface area contributed by atoms with Crippen LogP contribution in [0.2, 0.25) is 5.02 Å². The Morgan fingerprint density at radius 1 is 1.00 bits per heavy atom. The molecule has 0 radical (unpaired) electrons. The van der Waals surface area contributed by atoms with Gasteiger partial charge in [-0.3, -0.25) is 9.59 Å². The molecule has 0 unspecified atom stereocenters. The minimum Gasteiger partial charge on any atom is -0.495 e. The molecule has 0 aliphatic rings. The summed E-state index contributed by atoms with van der Waals surface area (Å²) in [4.78, 5) is 23.7. The van der Waals surface area contributed by atoms with Crippen LogP contribution in [-0.4, -0.2) is 27.3 Å². The van der Waals surface area contributed by atoms with E-state index in [1.165, 1.54) is 43.5 Å². The van der Waals surface area contributed by atoms with Crippen LogP contribution in [0, 0.1) is 0 Å². The Balaban J connectivity index is 2.03. The molecule has 0 bridgehead atoms. The summed E-state index contributed by atoms with van der Waals surface area (Å²) >= 11 is 5.94. The van der Waals surface area contributed by atoms with Gasteiger partial charge in [-0.1, -0.05) is 11.6 Å². The number of methoxy groups -OCH3 is 1. The lowest BCUT2D eigenvalue weighted by atomic mass is 10.3. The summed E-state index contributed by atoms with van der Waals surface area (Å²) in [5.74, 6) is -1.42. The van der Waals surface area contributed by atoms with E-state index < -0.39 is 21.8 Å². The van der Waals surface area contributed by atoms with E-state index in [9.17, 15) is 18.0 Å². The maximum Gasteiger partial charge on any atom is 0.314 e. The van der Waals surface area contributed by atoms with Crippen molar-refractivity contribution in [3.05, 3.63) is 47.5 Å². The van der Waals surface area contributed by atoms with Crippen molar-refractivity contribution in [1.29, 1.82) is 0 Å². The standard InChI is InChI=1S/C15H14ClN3O5S/c1-24-13-7-4-10(8-12(13)16)19-15(21)14(20)18-9-2-5-11(6-3-9)25(17,22)23/h2-8H,1H3,(H,18,20)(H,19,21)(H2,17,22,23). The zero-order valence-electron chi connectivity index (χ0n) is 12.9. The number of hydrogen-bond donors (Lipinski definition) is 3. The van der Waals surface area contributed by atoms with Crippen LogP contribution in [0.1, 0.15) is 0 Å². The Labute approximate surface area is 149 Å². The minimum atomic E-state index is -3.83. The summed E-state index contributed by atoms with van der Waals surface area (Å²) in [6.45, 7) is 0. The predicted octanol–water partition coefficient (Wildman–Crippen LogP) is 1.57. The number of halogens is 1. The molecule has 0 heterocycles. The lowest BCUT2D eigenvalue weighted by Crippen LogP contribution is -2.29. The molecule has 0 fully saturated rings. The molecule has 2 amide bonds. The van der Waals surface area contributed by atoms with Crippen LogP contribution < -0.4 is 20.5 Å². The number of primary sulfonamides is 1. The van der Waals surface area contributed by atoms with Gasteiger partial charge >= 0.3 is 11.8 Å². The number of amides is 2. The van der Waals surface area contributed by atoms with E-state index >= 15 is 0 Å². The van der Waals surface area contributed by atoms with Gasteiger partial charge in [-0.05, 0) is 42.5 Å². The third kappa shape index (κ3) is 4.92. The number of nitrogens with two attached hydrogens (primary N) is 1. The summed E-state index contributed by atoms with van der Waals surface area (Å²) in [5, 5.41) is 9.97. The maximum atomic E-state index is 11.9. The molecule has 2 rings (SSSR count). The highest BCUT2D eigenvalue weighted by Crippen LogP contribution is 2.27. The number of rotatable bonds is 4. The zero-order valence-corrected chi connectivity index (χ0v) is 14.5. The largest absolute Gasteiger partial charge is 0.495 e. The van der Waals surface area contributed by atoms with E-state index in [0.717, 1.165) is 0 Å². The molecule has 2 aromatic carbocycles. The Morgan fingerprint density at radius 3 is 2.00 bits per heavy atom. The number of nitrogens with one attached hydrogen (secondary N) is 2. The quantitative estimate of drug-likeness (QED) is 0.690. The zero-order chi connectivity index (χ0) is 18.6. The molecule has 132 valence electrons. The van der Waals surface area contributed by atoms with Crippen LogP contribution in [0.15, 0.2) is 47.4 Å². The number of benzene rings is 2. The Bertz CT molecular complexity index is 913. The van der Waals surface area contributed by atoms with Crippen LogP contribution >= 0.6 is 11.6 Å². The fourth-order valence-electron chi connectivity index (χ4n) is 1.85. The molecule has 4 N–H and O–H groups in total. The van der Waals surface area contributed by atoms with Crippen molar-refractivity contribution in [1.82, 2.24) is 0 Å². The van der Waals surface area contributed by atoms with Crippen molar-refractivity contribution >= 4 is 44.8 Å². The van der Waals surface area contributed by atoms with Gasteiger partial charge in [0.05, 0.1) is 17.0 Å². The molecule has 0 atom stereocenters. The highest BCUT2D eigenvalue weighted by Gasteiger charge is 2.15. The molecule has 0 saturated carbocycles. The van der Waals surface area contributed by atoms with Gasteiger partial charge in [0.15, 0.2) is 0 Å². The molecule has 2 aromatic rings. The molecular formula is C15H14ClN3O5S. The molecular weight excluding hydrogens is 370 g/mol. The van der Waals surface area contributed by atoms with Gasteiger partial charge in [0.1, 0.15) is 5.75 Å². The number of carbonyl (C=O) groups excluding carboxylic acids is 2. The third-order valence-electron chi connectivity index (χ3n) is 3.06. The smallest absolute Gasteiger partial charge is 0.314 e. The number of hydrogen-bond acceptors (Lipinski definition) is 5. The first-order valence-corrected chi connectivity index (χ1v) is 8.72. The first-order chi connectivity index (χ1) is 11.7. The maximum absolute atomic E-state index is 11.9. The Hall–Kier alpha value is -2.62. The minimum absolute atomic E-state index is 0.108. The predicted molar refractivity (Wildman–Crippen MR) is 93.1 cm³/mol. The van der Waals surface area contributed by atoms with Crippen molar-refractivity contribution in [2.24, 2.45) is 5.14 Å². The van der Waals surface area contributed by atoms with Gasteiger partial charge in [-0.15, -0.1) is 0 Å². The molecule has 0 aromatic heterocycles. The molecule has 0 aliphatic carbocycles. The van der Waals surface area contributed by atoms with Crippen LogP contribution in [0.25, 0.3) is 0 Å². The van der Waals surface area contributed by atoms with E-state index in [2.05, 4.69) is 10.6 Å². The fraction of sp³-hybridized carbons (Fsp3) is 0.0667. The number of ether oxygens (including phenoxy) is 1. The first-order valence-electron chi connectivity index (χ1n) is 6.79. The molecule has 0 saturated heterocycles. The topological polar surface area (TPSA) is 128 Å². The average molecular weight is 384 g/mol. The van der Waals surface area contributed by atoms with E-state index in [-0.39, 0.29) is 15.6 Å². The van der Waals surface area contributed by atoms with Gasteiger partial charge in [-0.2, -0.15) is 0 Å². The Morgan fingerprint density at radius 2 is 1.52 bits per heavy atom. The van der Waals surface area contributed by atoms with E-state index in [1.54, 1.807) is 6.07 Å². The van der Waals surface area contributed by atoms with E-state index in [4.69, 9.17) is 21.5 Å². The van der Waals surface area contributed by atoms with Crippen LogP contribution in [0.5, 0.6) is 5.75 Å². The summed E-state index contributed by atoms with van der Waals surface area (Å²) in [5.41, 5.74) is 0.552. The first kappa shape index (κ1) is 18.7. The second-order valence-electron chi connectivity index (χ2n) is 4.83. The average Bonchev–Trinajstić information content (AvgIpc) is 2.54. The number of sulfonamides is 1. The van der Waals surface area contributed by atoms with Gasteiger partial charge in [0, 0.05) is 11.4 Å². The van der Waals surface area contributed by atoms with Crippen molar-refractivity contribution in [3.63, 3.8) is 0 Å². The van der Waals surface area contributed by atoms with E-state index in [0.29, 0.717) is 11.4 Å². The second-order valence-corrected chi connectivity index (χ2v) is 6.80. The SMILES string of the molecule is COc1ccc(NC(=O)C(=O)Nc2ccc(S(N)(=O)=O)cc2)cc1Cl. The summed E-state index contributed by atoms with van der Waals surface area (Å²) in [6.07, 6.45) is 0. The molecule has 0 spiro atoms. The molecule has 10 heteroatoms. The highest BCUT2D eigenvalue weighted by atomic mass is 35.5. The van der Waals surface area contributed by atoms with Crippen LogP contribution in [0.3, 0.4) is 0 Å². The molecule has 25 heavy (non-hydrogen) atoms. The van der Waals surface area contributed by atoms with Crippen molar-refractivity contribution in [2.45, 2.75) is 4.90 Å². The van der Waals surface area contributed by atoms with Crippen LogP contribution in [0.4, 0.5) is 11.4 Å². The van der Waals surface area contributed by atoms with Crippen molar-refractivity contribution in [3.8, 4) is 5.75 Å². The van der Waals surface area contributed by atoms with Crippen LogP contribution in [-0.2, 0) is 19.6 Å². The van der Waals surface area contributed by atoms with Crippen molar-refractivity contribution < 1.29 is 22.7 Å². The number of anilines is 2. The second kappa shape index (κ2) is 7.51. The van der Waals surface area contributed by atoms with Gasteiger partial charge < -0.3 is 15.4 Å². The summed E-state index contributed by atoms with van der Waals surface area (Å²) < 4.78 is 27.3. The highest BCUT2D eigenvalue weighted by molar-refractivity contribution is 7.89. The lowest BCUT2D eigenvalue weighted by molar-refractivity contribution is -0.132. The molecule has 8 nitrogen and oxygen atoms in total. The van der Waals surface area contributed by atoms with E-state index in [1.807, 2.05) is 0 Å². The normalized spacial score (nSPS) is 10.8. The van der Waals surface area contributed by atoms with Gasteiger partial charge in [0.2, 0.25) is 10.0 Å². The monoisotopic (exact) mass is 383 g/mol. The Kier molecular flexibility index (Phi) is 5.62. The van der Waals surface area contributed by atoms with Crippen molar-refractivity contribution in [2.75, 3.05) is 17.7 Å². The number of carbonyl (C=O) groups is 2. The summed E-state index contributed by atoms with van der Waals surface area (Å²) in [6, 6.07) is 9.56. The lowest BCUT2D eigenvalue weighted by Gasteiger charge is -2.09. The molecule has 0 aliphatic heterocycles. The fourth-order valence-corrected chi connectivity index (χ4v) is 2.62. The summed E-state index contributed by atoms with van der Waals surface area (Å²) in [7, 11) is -2.38.